The van der Waals surface area contributed by atoms with Gasteiger partial charge < -0.3 is 18.9 Å². The maximum absolute atomic E-state index is 4.86. The average molecular weight is 441 g/mol. The second-order valence-electron chi connectivity index (χ2n) is 5.72. The third-order valence-corrected chi connectivity index (χ3v) is 3.60. The Bertz CT molecular complexity index is 741. The van der Waals surface area contributed by atoms with E-state index in [2.05, 4.69) is 24.3 Å². The van der Waals surface area contributed by atoms with Gasteiger partial charge in [0.25, 0.3) is 0 Å². The van der Waals surface area contributed by atoms with Crippen molar-refractivity contribution in [2.24, 2.45) is 0 Å². The van der Waals surface area contributed by atoms with Gasteiger partial charge in [0, 0.05) is 23.0 Å². The van der Waals surface area contributed by atoms with Gasteiger partial charge in [-0.2, -0.15) is 72.8 Å². The predicted octanol–water partition coefficient (Wildman–Crippen LogP) is 6.06. The summed E-state index contributed by atoms with van der Waals surface area (Å²) in [7, 11) is 6.52. The second kappa shape index (κ2) is 20.0. The Balaban J connectivity index is 0.000000410. The van der Waals surface area contributed by atoms with Crippen LogP contribution in [-0.4, -0.2) is 28.4 Å². The fourth-order valence-corrected chi connectivity index (χ4v) is 2.02. The summed E-state index contributed by atoms with van der Waals surface area (Å²) < 4.78 is 19.4. The summed E-state index contributed by atoms with van der Waals surface area (Å²) in [4.78, 5) is 0. The van der Waals surface area contributed by atoms with Crippen molar-refractivity contribution in [3.8, 4) is 23.0 Å². The first-order valence-corrected chi connectivity index (χ1v) is 9.76. The van der Waals surface area contributed by atoms with Crippen LogP contribution in [0.4, 0.5) is 0 Å². The third-order valence-electron chi connectivity index (χ3n) is 3.60. The van der Waals surface area contributed by atoms with Crippen molar-refractivity contribution in [1.29, 1.82) is 0 Å². The number of hydrogen-bond acceptors (Lipinski definition) is 4. The van der Waals surface area contributed by atoms with Gasteiger partial charge in [0.05, 0.1) is 28.4 Å². The molecule has 4 aromatic rings. The van der Waals surface area contributed by atoms with Gasteiger partial charge >= 0.3 is 7.43 Å². The molecule has 0 aliphatic rings. The zero-order valence-electron chi connectivity index (χ0n) is 19.4. The number of ether oxygens (including phenoxy) is 4. The van der Waals surface area contributed by atoms with Gasteiger partial charge in [-0.05, 0) is 0 Å². The minimum atomic E-state index is 0. The SMILES string of the molecule is COc1[c-]cccc1.COc1[c-]cccc1.COc1[c-]cccc1.COc1[c-]cccc1.[C+4]. The molecule has 0 bridgehead atoms. The summed E-state index contributed by atoms with van der Waals surface area (Å²) in [5.41, 5.74) is 0. The van der Waals surface area contributed by atoms with E-state index in [-0.39, 0.29) is 7.43 Å². The number of para-hydroxylation sites is 4. The fraction of sp³-hybridized carbons (Fsp3) is 0.138. The molecule has 0 spiro atoms. The molecule has 0 aliphatic heterocycles. The topological polar surface area (TPSA) is 36.9 Å². The van der Waals surface area contributed by atoms with Crippen molar-refractivity contribution in [2.45, 2.75) is 0 Å². The van der Waals surface area contributed by atoms with E-state index in [9.17, 15) is 0 Å². The van der Waals surface area contributed by atoms with Crippen molar-refractivity contribution >= 4 is 0 Å². The molecular formula is C29H28O4. The standard InChI is InChI=1S/4C7H7O.C/c4*1-8-7-5-3-2-4-6-7;/h4*2-5H,1H3;/q4*-1;+4. The van der Waals surface area contributed by atoms with Gasteiger partial charge in [0.2, 0.25) is 0 Å². The molecule has 0 saturated carbocycles. The fourth-order valence-electron chi connectivity index (χ4n) is 2.02. The Morgan fingerprint density at radius 1 is 0.394 bits per heavy atom. The molecule has 0 aromatic heterocycles. The van der Waals surface area contributed by atoms with Crippen LogP contribution in [0.1, 0.15) is 0 Å². The maximum atomic E-state index is 4.86. The normalized spacial score (nSPS) is 8.36. The van der Waals surface area contributed by atoms with Crippen LogP contribution in [0, 0.1) is 31.7 Å². The summed E-state index contributed by atoms with van der Waals surface area (Å²) in [6, 6.07) is 41.6. The molecule has 0 heterocycles. The van der Waals surface area contributed by atoms with Gasteiger partial charge in [-0.25, -0.2) is 0 Å². The van der Waals surface area contributed by atoms with Crippen LogP contribution in [0.25, 0.3) is 0 Å². The number of rotatable bonds is 4. The van der Waals surface area contributed by atoms with E-state index in [1.807, 2.05) is 97.1 Å². The summed E-state index contributed by atoms with van der Waals surface area (Å²) in [6.07, 6.45) is 0. The zero-order chi connectivity index (χ0) is 23.3. The number of hydrogen-bond donors (Lipinski definition) is 0. The molecule has 33 heavy (non-hydrogen) atoms. The molecule has 4 rings (SSSR count). The minimum absolute atomic E-state index is 0. The Kier molecular flexibility index (Phi) is 17.6. The molecule has 0 N–H and O–H groups in total. The molecule has 0 radical (unpaired) electrons. The molecule has 0 unspecified atom stereocenters. The van der Waals surface area contributed by atoms with Crippen LogP contribution in [0.5, 0.6) is 23.0 Å². The van der Waals surface area contributed by atoms with Crippen LogP contribution >= 0.6 is 0 Å². The van der Waals surface area contributed by atoms with Crippen LogP contribution < -0.4 is 18.9 Å². The number of benzene rings is 4. The Morgan fingerprint density at radius 3 is 0.697 bits per heavy atom. The van der Waals surface area contributed by atoms with E-state index in [0.29, 0.717) is 0 Å². The van der Waals surface area contributed by atoms with Crippen molar-refractivity contribution < 1.29 is 18.9 Å². The van der Waals surface area contributed by atoms with Gasteiger partial charge in [-0.15, -0.1) is 48.5 Å². The van der Waals surface area contributed by atoms with Gasteiger partial charge in [0.15, 0.2) is 0 Å². The van der Waals surface area contributed by atoms with Crippen LogP contribution in [0.3, 0.4) is 0 Å². The number of methoxy groups -OCH3 is 4. The Hall–Kier alpha value is -3.92. The van der Waals surface area contributed by atoms with Crippen LogP contribution in [0.15, 0.2) is 97.1 Å². The summed E-state index contributed by atoms with van der Waals surface area (Å²) in [6.45, 7) is 0. The first-order valence-electron chi connectivity index (χ1n) is 9.76. The van der Waals surface area contributed by atoms with E-state index in [4.69, 9.17) is 18.9 Å². The summed E-state index contributed by atoms with van der Waals surface area (Å²) in [5.74, 6) is 3.14. The van der Waals surface area contributed by atoms with E-state index in [0.717, 1.165) is 23.0 Å². The average Bonchev–Trinajstić information content (AvgIpc) is 2.91. The molecule has 0 saturated heterocycles. The molecule has 0 aliphatic carbocycles. The van der Waals surface area contributed by atoms with E-state index in [1.54, 1.807) is 28.4 Å². The first-order chi connectivity index (χ1) is 15.7. The van der Waals surface area contributed by atoms with Crippen LogP contribution in [0.2, 0.25) is 0 Å². The second-order valence-corrected chi connectivity index (χ2v) is 5.72. The van der Waals surface area contributed by atoms with Gasteiger partial charge in [-0.3, -0.25) is 0 Å². The largest absolute Gasteiger partial charge is 4.00 e. The zero-order valence-corrected chi connectivity index (χ0v) is 19.4. The van der Waals surface area contributed by atoms with E-state index < -0.39 is 0 Å². The monoisotopic (exact) mass is 440 g/mol. The van der Waals surface area contributed by atoms with Crippen LogP contribution in [-0.2, 0) is 0 Å². The summed E-state index contributed by atoms with van der Waals surface area (Å²) in [5, 5.41) is 0. The maximum Gasteiger partial charge on any atom is 4.00 e. The molecule has 4 aromatic carbocycles. The molecule has 168 valence electrons. The third kappa shape index (κ3) is 14.7. The first kappa shape index (κ1) is 29.1. The molecule has 0 amide bonds. The van der Waals surface area contributed by atoms with E-state index in [1.165, 1.54) is 0 Å². The van der Waals surface area contributed by atoms with Gasteiger partial charge in [-0.1, -0.05) is 0 Å². The predicted molar refractivity (Wildman–Crippen MR) is 131 cm³/mol. The molecule has 0 fully saturated rings. The van der Waals surface area contributed by atoms with Gasteiger partial charge in [0.1, 0.15) is 0 Å². The molecule has 0 atom stereocenters. The van der Waals surface area contributed by atoms with Crippen molar-refractivity contribution in [3.63, 3.8) is 0 Å². The molecule has 4 heteroatoms. The Morgan fingerprint density at radius 2 is 0.606 bits per heavy atom. The van der Waals surface area contributed by atoms with Crippen molar-refractivity contribution in [1.82, 2.24) is 0 Å². The summed E-state index contributed by atoms with van der Waals surface area (Å²) >= 11 is 0. The quantitative estimate of drug-likeness (QED) is 0.361. The minimum Gasteiger partial charge on any atom is -0.523 e. The smallest absolute Gasteiger partial charge is 0.523 e. The van der Waals surface area contributed by atoms with Crippen molar-refractivity contribution in [2.75, 3.05) is 28.4 Å². The Labute approximate surface area is 199 Å². The molecule has 4 nitrogen and oxygen atoms in total. The van der Waals surface area contributed by atoms with Crippen molar-refractivity contribution in [3.05, 3.63) is 129 Å². The molecular weight excluding hydrogens is 412 g/mol. The van der Waals surface area contributed by atoms with E-state index >= 15 is 0 Å².